The number of ether oxygens (including phenoxy) is 1. The Bertz CT molecular complexity index is 658. The Morgan fingerprint density at radius 2 is 2.09 bits per heavy atom. The minimum absolute atomic E-state index is 0.0428. The highest BCUT2D eigenvalue weighted by molar-refractivity contribution is 5.93. The van der Waals surface area contributed by atoms with Gasteiger partial charge in [-0.3, -0.25) is 4.79 Å². The summed E-state index contributed by atoms with van der Waals surface area (Å²) >= 11 is 0. The molecule has 0 atom stereocenters. The molecule has 2 aromatic rings. The maximum absolute atomic E-state index is 12.1. The maximum Gasteiger partial charge on any atom is 0.387 e. The molecule has 0 fully saturated rings. The van der Waals surface area contributed by atoms with Gasteiger partial charge in [0, 0.05) is 6.54 Å². The van der Waals surface area contributed by atoms with Crippen LogP contribution in [0.25, 0.3) is 5.69 Å². The van der Waals surface area contributed by atoms with Crippen LogP contribution in [0.1, 0.15) is 22.6 Å². The molecule has 0 saturated carbocycles. The van der Waals surface area contributed by atoms with Crippen molar-refractivity contribution >= 4 is 5.91 Å². The first-order valence-electron chi connectivity index (χ1n) is 6.98. The van der Waals surface area contributed by atoms with Crippen molar-refractivity contribution in [1.29, 1.82) is 0 Å². The molecule has 1 amide bonds. The molecule has 0 saturated heterocycles. The van der Waals surface area contributed by atoms with Gasteiger partial charge in [0.2, 0.25) is 0 Å². The first-order chi connectivity index (χ1) is 11.0. The smallest absolute Gasteiger partial charge is 0.387 e. The van der Waals surface area contributed by atoms with Gasteiger partial charge in [0.15, 0.2) is 5.69 Å². The molecule has 2 rings (SSSR count). The molecule has 1 aromatic carbocycles. The highest BCUT2D eigenvalue weighted by Gasteiger charge is 2.17. The Morgan fingerprint density at radius 1 is 1.39 bits per heavy atom. The van der Waals surface area contributed by atoms with Crippen LogP contribution in [0.3, 0.4) is 0 Å². The second-order valence-electron chi connectivity index (χ2n) is 4.71. The van der Waals surface area contributed by atoms with Crippen LogP contribution in [0, 0.1) is 6.92 Å². The maximum atomic E-state index is 12.1. The zero-order chi connectivity index (χ0) is 16.8. The summed E-state index contributed by atoms with van der Waals surface area (Å²) in [6.07, 6.45) is 0.671. The Balaban J connectivity index is 2.13. The molecule has 0 aliphatic heterocycles. The van der Waals surface area contributed by atoms with Crippen LogP contribution in [-0.4, -0.2) is 40.6 Å². The Labute approximate surface area is 131 Å². The summed E-state index contributed by atoms with van der Waals surface area (Å²) in [5, 5.41) is 10.5. The van der Waals surface area contributed by atoms with Crippen molar-refractivity contribution in [3.05, 3.63) is 35.7 Å². The number of aromatic nitrogens is 3. The van der Waals surface area contributed by atoms with Crippen LogP contribution in [0.4, 0.5) is 8.78 Å². The van der Waals surface area contributed by atoms with Crippen molar-refractivity contribution in [2.45, 2.75) is 20.0 Å². The van der Waals surface area contributed by atoms with Crippen LogP contribution in [0.15, 0.2) is 24.3 Å². The van der Waals surface area contributed by atoms with Gasteiger partial charge in [-0.25, -0.2) is 4.68 Å². The number of hydrogen-bond acceptors (Lipinski definition) is 5. The molecule has 9 heteroatoms. The van der Waals surface area contributed by atoms with E-state index in [1.165, 1.54) is 16.8 Å². The number of carbonyl (C=O) groups is 1. The molecule has 0 radical (unpaired) electrons. The van der Waals surface area contributed by atoms with Gasteiger partial charge in [-0.1, -0.05) is 5.21 Å². The van der Waals surface area contributed by atoms with E-state index in [0.717, 1.165) is 0 Å². The lowest BCUT2D eigenvalue weighted by Crippen LogP contribution is -2.27. The number of nitrogens with zero attached hydrogens (tertiary/aromatic N) is 3. The number of hydrogen-bond donors (Lipinski definition) is 2. The fraction of sp³-hybridized carbons (Fsp3) is 0.357. The molecular weight excluding hydrogens is 308 g/mol. The van der Waals surface area contributed by atoms with Gasteiger partial charge in [0.1, 0.15) is 5.75 Å². The zero-order valence-electron chi connectivity index (χ0n) is 12.5. The first-order valence-corrected chi connectivity index (χ1v) is 6.98. The largest absolute Gasteiger partial charge is 0.435 e. The predicted octanol–water partition coefficient (Wildman–Crippen LogP) is 1.26. The van der Waals surface area contributed by atoms with Gasteiger partial charge in [0.05, 0.1) is 11.4 Å². The van der Waals surface area contributed by atoms with Gasteiger partial charge in [-0.15, -0.1) is 5.10 Å². The van der Waals surface area contributed by atoms with E-state index in [-0.39, 0.29) is 17.4 Å². The lowest BCUT2D eigenvalue weighted by molar-refractivity contribution is -0.0498. The van der Waals surface area contributed by atoms with Crippen molar-refractivity contribution in [3.8, 4) is 11.4 Å². The van der Waals surface area contributed by atoms with Gasteiger partial charge in [0.25, 0.3) is 5.91 Å². The summed E-state index contributed by atoms with van der Waals surface area (Å²) in [6, 6.07) is 5.89. The highest BCUT2D eigenvalue weighted by atomic mass is 19.3. The third-order valence-electron chi connectivity index (χ3n) is 3.08. The van der Waals surface area contributed by atoms with E-state index in [2.05, 4.69) is 20.4 Å². The molecular formula is C14H17F2N5O2. The number of nitrogens with one attached hydrogen (secondary N) is 1. The molecule has 1 aromatic heterocycles. The standard InChI is InChI=1S/C14H17F2N5O2/c1-9-12(13(22)18-8-2-7-17)19-20-21(9)10-3-5-11(6-4-10)23-14(15)16/h3-6,14H,2,7-8,17H2,1H3,(H,18,22). The summed E-state index contributed by atoms with van der Waals surface area (Å²) < 4.78 is 30.0. The van der Waals surface area contributed by atoms with Crippen LogP contribution >= 0.6 is 0 Å². The average Bonchev–Trinajstić information content (AvgIpc) is 2.89. The fourth-order valence-electron chi connectivity index (χ4n) is 1.94. The van der Waals surface area contributed by atoms with E-state index in [1.54, 1.807) is 19.1 Å². The minimum Gasteiger partial charge on any atom is -0.435 e. The van der Waals surface area contributed by atoms with Crippen molar-refractivity contribution in [3.63, 3.8) is 0 Å². The Hall–Kier alpha value is -2.55. The summed E-state index contributed by atoms with van der Waals surface area (Å²) in [4.78, 5) is 12.0. The van der Waals surface area contributed by atoms with E-state index < -0.39 is 6.61 Å². The summed E-state index contributed by atoms with van der Waals surface area (Å²) in [5.41, 5.74) is 6.69. The van der Waals surface area contributed by atoms with E-state index in [1.807, 2.05) is 0 Å². The van der Waals surface area contributed by atoms with E-state index >= 15 is 0 Å². The van der Waals surface area contributed by atoms with Crippen LogP contribution < -0.4 is 15.8 Å². The van der Waals surface area contributed by atoms with E-state index in [0.29, 0.717) is 30.9 Å². The molecule has 7 nitrogen and oxygen atoms in total. The van der Waals surface area contributed by atoms with Gasteiger partial charge in [-0.2, -0.15) is 8.78 Å². The number of halogens is 2. The minimum atomic E-state index is -2.88. The molecule has 1 heterocycles. The van der Waals surface area contributed by atoms with Crippen LogP contribution in [-0.2, 0) is 0 Å². The van der Waals surface area contributed by atoms with Crippen molar-refractivity contribution in [1.82, 2.24) is 20.3 Å². The number of carbonyl (C=O) groups excluding carboxylic acids is 1. The van der Waals surface area contributed by atoms with Crippen LogP contribution in [0.5, 0.6) is 5.75 Å². The van der Waals surface area contributed by atoms with Crippen molar-refractivity contribution in [2.75, 3.05) is 13.1 Å². The van der Waals surface area contributed by atoms with E-state index in [4.69, 9.17) is 5.73 Å². The number of amides is 1. The topological polar surface area (TPSA) is 95.1 Å². The molecule has 0 bridgehead atoms. The van der Waals surface area contributed by atoms with Gasteiger partial charge < -0.3 is 15.8 Å². The molecule has 23 heavy (non-hydrogen) atoms. The summed E-state index contributed by atoms with van der Waals surface area (Å²) in [5.74, 6) is -0.291. The molecule has 0 spiro atoms. The van der Waals surface area contributed by atoms with Crippen LogP contribution in [0.2, 0.25) is 0 Å². The third-order valence-corrected chi connectivity index (χ3v) is 3.08. The lowest BCUT2D eigenvalue weighted by Gasteiger charge is -2.07. The summed E-state index contributed by atoms with van der Waals surface area (Å²) in [7, 11) is 0. The summed E-state index contributed by atoms with van der Waals surface area (Å²) in [6.45, 7) is -0.236. The zero-order valence-corrected chi connectivity index (χ0v) is 12.5. The predicted molar refractivity (Wildman–Crippen MR) is 78.7 cm³/mol. The number of benzene rings is 1. The first kappa shape index (κ1) is 16.8. The monoisotopic (exact) mass is 325 g/mol. The van der Waals surface area contributed by atoms with E-state index in [9.17, 15) is 13.6 Å². The SMILES string of the molecule is Cc1c(C(=O)NCCCN)nnn1-c1ccc(OC(F)F)cc1. The highest BCUT2D eigenvalue weighted by Crippen LogP contribution is 2.18. The Morgan fingerprint density at radius 3 is 2.70 bits per heavy atom. The number of rotatable bonds is 7. The molecule has 124 valence electrons. The second-order valence-corrected chi connectivity index (χ2v) is 4.71. The van der Waals surface area contributed by atoms with Gasteiger partial charge in [-0.05, 0) is 44.2 Å². The Kier molecular flexibility index (Phi) is 5.58. The number of alkyl halides is 2. The quantitative estimate of drug-likeness (QED) is 0.747. The fourth-order valence-corrected chi connectivity index (χ4v) is 1.94. The molecule has 0 aliphatic carbocycles. The second kappa shape index (κ2) is 7.63. The molecule has 3 N–H and O–H groups in total. The molecule has 0 unspecified atom stereocenters. The molecule has 0 aliphatic rings. The van der Waals surface area contributed by atoms with Crippen molar-refractivity contribution < 1.29 is 18.3 Å². The lowest BCUT2D eigenvalue weighted by atomic mass is 10.2. The normalized spacial score (nSPS) is 10.8. The average molecular weight is 325 g/mol. The number of nitrogens with two attached hydrogens (primary N) is 1. The third kappa shape index (κ3) is 4.22. The van der Waals surface area contributed by atoms with Gasteiger partial charge >= 0.3 is 6.61 Å². The van der Waals surface area contributed by atoms with Crippen molar-refractivity contribution in [2.24, 2.45) is 5.73 Å².